The molecular weight excluding hydrogens is 452 g/mol. The molecule has 1 unspecified atom stereocenters. The van der Waals surface area contributed by atoms with Gasteiger partial charge in [-0.3, -0.25) is 14.5 Å². The highest BCUT2D eigenvalue weighted by molar-refractivity contribution is 5.92. The average molecular weight is 487 g/mol. The number of morpholine rings is 1. The molecule has 3 aromatic rings. The second-order valence-electron chi connectivity index (χ2n) is 9.09. The van der Waals surface area contributed by atoms with E-state index in [2.05, 4.69) is 27.7 Å². The Morgan fingerprint density at radius 3 is 2.14 bits per heavy atom. The highest BCUT2D eigenvalue weighted by atomic mass is 16.5. The van der Waals surface area contributed by atoms with Crippen LogP contribution in [0.3, 0.4) is 0 Å². The molecule has 1 atom stereocenters. The predicted molar refractivity (Wildman–Crippen MR) is 143 cm³/mol. The Balaban J connectivity index is 1.27. The highest BCUT2D eigenvalue weighted by Gasteiger charge is 2.18. The van der Waals surface area contributed by atoms with Gasteiger partial charge >= 0.3 is 0 Å². The third kappa shape index (κ3) is 7.66. The lowest BCUT2D eigenvalue weighted by molar-refractivity contribution is -0.123. The Bertz CT molecular complexity index is 1100. The van der Waals surface area contributed by atoms with Crippen LogP contribution in [0, 0.1) is 0 Å². The van der Waals surface area contributed by atoms with Gasteiger partial charge in [0.05, 0.1) is 32.3 Å². The van der Waals surface area contributed by atoms with E-state index in [-0.39, 0.29) is 30.9 Å². The lowest BCUT2D eigenvalue weighted by atomic mass is 9.99. The fourth-order valence-corrected chi connectivity index (χ4v) is 4.35. The highest BCUT2D eigenvalue weighted by Crippen LogP contribution is 2.20. The number of nitrogens with zero attached hydrogens (tertiary/aromatic N) is 2. The quantitative estimate of drug-likeness (QED) is 0.459. The number of hydrogen-bond acceptors (Lipinski definition) is 5. The van der Waals surface area contributed by atoms with Gasteiger partial charge in [0, 0.05) is 24.5 Å². The van der Waals surface area contributed by atoms with Crippen LogP contribution in [0.1, 0.15) is 17.2 Å². The van der Waals surface area contributed by atoms with Gasteiger partial charge in [0.1, 0.15) is 0 Å². The molecule has 4 rings (SSSR count). The smallest absolute Gasteiger partial charge is 0.238 e. The van der Waals surface area contributed by atoms with E-state index in [4.69, 9.17) is 4.74 Å². The summed E-state index contributed by atoms with van der Waals surface area (Å²) in [6, 6.07) is 27.8. The summed E-state index contributed by atoms with van der Waals surface area (Å²) in [6.45, 7) is 3.45. The van der Waals surface area contributed by atoms with Crippen molar-refractivity contribution < 1.29 is 14.3 Å². The summed E-state index contributed by atoms with van der Waals surface area (Å²) in [4.78, 5) is 29.4. The van der Waals surface area contributed by atoms with Gasteiger partial charge < -0.3 is 20.3 Å². The molecule has 0 aromatic heterocycles. The van der Waals surface area contributed by atoms with Gasteiger partial charge in [-0.15, -0.1) is 0 Å². The Morgan fingerprint density at radius 1 is 0.861 bits per heavy atom. The molecule has 1 aliphatic rings. The van der Waals surface area contributed by atoms with Crippen LogP contribution >= 0.6 is 0 Å². The zero-order valence-electron chi connectivity index (χ0n) is 20.7. The van der Waals surface area contributed by atoms with Crippen molar-refractivity contribution in [1.29, 1.82) is 0 Å². The Labute approximate surface area is 213 Å². The van der Waals surface area contributed by atoms with Gasteiger partial charge in [-0.25, -0.2) is 0 Å². The van der Waals surface area contributed by atoms with Crippen LogP contribution in [0.25, 0.3) is 0 Å². The number of benzene rings is 3. The van der Waals surface area contributed by atoms with E-state index in [9.17, 15) is 9.59 Å². The monoisotopic (exact) mass is 486 g/mol. The SMILES string of the molecule is CN(CC(=O)Nc1ccc(N2CCOCC2)cc1)CC(=O)NC(Cc1ccccc1)c1ccccc1. The first kappa shape index (κ1) is 25.4. The van der Waals surface area contributed by atoms with Crippen LogP contribution in [-0.4, -0.2) is 63.2 Å². The molecule has 0 bridgehead atoms. The molecule has 7 nitrogen and oxygen atoms in total. The van der Waals surface area contributed by atoms with Crippen LogP contribution < -0.4 is 15.5 Å². The molecule has 1 fully saturated rings. The Hall–Kier alpha value is -3.68. The lowest BCUT2D eigenvalue weighted by Gasteiger charge is -2.28. The molecule has 188 valence electrons. The summed E-state index contributed by atoms with van der Waals surface area (Å²) < 4.78 is 5.40. The summed E-state index contributed by atoms with van der Waals surface area (Å²) >= 11 is 0. The number of hydrogen-bond donors (Lipinski definition) is 2. The van der Waals surface area contributed by atoms with Gasteiger partial charge in [0.15, 0.2) is 0 Å². The minimum absolute atomic E-state index is 0.118. The van der Waals surface area contributed by atoms with E-state index in [0.29, 0.717) is 6.42 Å². The van der Waals surface area contributed by atoms with Crippen molar-refractivity contribution in [1.82, 2.24) is 10.2 Å². The van der Waals surface area contributed by atoms with Crippen LogP contribution in [-0.2, 0) is 20.7 Å². The molecule has 0 saturated carbocycles. The van der Waals surface area contributed by atoms with E-state index in [1.807, 2.05) is 72.8 Å². The summed E-state index contributed by atoms with van der Waals surface area (Å²) in [5, 5.41) is 6.07. The van der Waals surface area contributed by atoms with Crippen molar-refractivity contribution in [3.63, 3.8) is 0 Å². The van der Waals surface area contributed by atoms with Gasteiger partial charge in [0.2, 0.25) is 11.8 Å². The molecule has 1 heterocycles. The van der Waals surface area contributed by atoms with Crippen molar-refractivity contribution in [3.05, 3.63) is 96.1 Å². The number of ether oxygens (including phenoxy) is 1. The summed E-state index contributed by atoms with van der Waals surface area (Å²) in [5.74, 6) is -0.279. The number of rotatable bonds is 10. The second kappa shape index (κ2) is 12.9. The maximum Gasteiger partial charge on any atom is 0.238 e. The van der Waals surface area contributed by atoms with Crippen molar-refractivity contribution >= 4 is 23.2 Å². The zero-order valence-corrected chi connectivity index (χ0v) is 20.7. The van der Waals surface area contributed by atoms with Crippen LogP contribution in [0.15, 0.2) is 84.9 Å². The first-order chi connectivity index (χ1) is 17.6. The molecule has 0 radical (unpaired) electrons. The largest absolute Gasteiger partial charge is 0.378 e. The fraction of sp³-hybridized carbons (Fsp3) is 0.310. The standard InChI is InChI=1S/C29H34N4O3/c1-32(21-28(34)30-25-12-14-26(15-13-25)33-16-18-36-19-17-33)22-29(35)31-27(24-10-6-3-7-11-24)20-23-8-4-2-5-9-23/h2-15,27H,16-22H2,1H3,(H,30,34)(H,31,35). The molecule has 1 saturated heterocycles. The van der Waals surface area contributed by atoms with E-state index in [1.54, 1.807) is 11.9 Å². The third-order valence-electron chi connectivity index (χ3n) is 6.17. The molecule has 0 aliphatic carbocycles. The van der Waals surface area contributed by atoms with Gasteiger partial charge in [-0.1, -0.05) is 60.7 Å². The number of carbonyl (C=O) groups is 2. The summed E-state index contributed by atoms with van der Waals surface area (Å²) in [5.41, 5.74) is 4.06. The van der Waals surface area contributed by atoms with E-state index in [1.165, 1.54) is 0 Å². The summed E-state index contributed by atoms with van der Waals surface area (Å²) in [6.07, 6.45) is 0.696. The summed E-state index contributed by atoms with van der Waals surface area (Å²) in [7, 11) is 1.77. The molecule has 7 heteroatoms. The van der Waals surface area contributed by atoms with Crippen LogP contribution in [0.4, 0.5) is 11.4 Å². The molecule has 2 N–H and O–H groups in total. The predicted octanol–water partition coefficient (Wildman–Crippen LogP) is 3.49. The molecule has 3 aromatic carbocycles. The maximum atomic E-state index is 12.9. The molecule has 36 heavy (non-hydrogen) atoms. The molecule has 1 aliphatic heterocycles. The van der Waals surface area contributed by atoms with Crippen LogP contribution in [0.2, 0.25) is 0 Å². The number of nitrogens with one attached hydrogen (secondary N) is 2. The number of anilines is 2. The second-order valence-corrected chi connectivity index (χ2v) is 9.09. The molecule has 0 spiro atoms. The molecule has 2 amide bonds. The van der Waals surface area contributed by atoms with Crippen LogP contribution in [0.5, 0.6) is 0 Å². The number of likely N-dealkylation sites (N-methyl/N-ethyl adjacent to an activating group) is 1. The van der Waals surface area contributed by atoms with Crippen molar-refractivity contribution in [2.75, 3.05) is 56.7 Å². The number of carbonyl (C=O) groups excluding carboxylic acids is 2. The maximum absolute atomic E-state index is 12.9. The van der Waals surface area contributed by atoms with Crippen molar-refractivity contribution in [2.45, 2.75) is 12.5 Å². The van der Waals surface area contributed by atoms with Gasteiger partial charge in [-0.05, 0) is 48.9 Å². The van der Waals surface area contributed by atoms with Crippen molar-refractivity contribution in [2.24, 2.45) is 0 Å². The minimum atomic E-state index is -0.159. The van der Waals surface area contributed by atoms with E-state index in [0.717, 1.165) is 48.8 Å². The first-order valence-electron chi connectivity index (χ1n) is 12.4. The Kier molecular flexibility index (Phi) is 9.08. The topological polar surface area (TPSA) is 73.9 Å². The molecular formula is C29H34N4O3. The zero-order chi connectivity index (χ0) is 25.2. The van der Waals surface area contributed by atoms with Crippen molar-refractivity contribution in [3.8, 4) is 0 Å². The fourth-order valence-electron chi connectivity index (χ4n) is 4.35. The minimum Gasteiger partial charge on any atom is -0.378 e. The normalized spacial score (nSPS) is 14.3. The van der Waals surface area contributed by atoms with Gasteiger partial charge in [-0.2, -0.15) is 0 Å². The number of amides is 2. The van der Waals surface area contributed by atoms with Gasteiger partial charge in [0.25, 0.3) is 0 Å². The Morgan fingerprint density at radius 2 is 1.47 bits per heavy atom. The average Bonchev–Trinajstić information content (AvgIpc) is 2.90. The first-order valence-corrected chi connectivity index (χ1v) is 12.4. The lowest BCUT2D eigenvalue weighted by Crippen LogP contribution is -2.40. The van der Waals surface area contributed by atoms with E-state index < -0.39 is 0 Å². The third-order valence-corrected chi connectivity index (χ3v) is 6.17. The van der Waals surface area contributed by atoms with E-state index >= 15 is 0 Å².